The number of aromatic amines is 1. The van der Waals surface area contributed by atoms with Crippen LogP contribution < -0.4 is 10.6 Å². The van der Waals surface area contributed by atoms with E-state index in [0.29, 0.717) is 16.3 Å². The van der Waals surface area contributed by atoms with E-state index in [-0.39, 0.29) is 5.25 Å². The van der Waals surface area contributed by atoms with Crippen molar-refractivity contribution in [2.24, 2.45) is 0 Å². The number of rotatable bonds is 4. The lowest BCUT2D eigenvalue weighted by molar-refractivity contribution is 0.262. The molecule has 1 heterocycles. The summed E-state index contributed by atoms with van der Waals surface area (Å²) in [6, 6.07) is 5.85. The number of urea groups is 1. The average Bonchev–Trinajstić information content (AvgIpc) is 3.21. The first-order valence-corrected chi connectivity index (χ1v) is 9.01. The minimum Gasteiger partial charge on any atom is -0.308 e. The van der Waals surface area contributed by atoms with Crippen LogP contribution in [0.1, 0.15) is 25.7 Å². The summed E-state index contributed by atoms with van der Waals surface area (Å²) in [5, 5.41) is 11.3. The molecule has 1 fully saturated rings. The van der Waals surface area contributed by atoms with Crippen LogP contribution in [0.15, 0.2) is 41.6 Å². The molecule has 0 aliphatic heterocycles. The number of hydrogen-bond acceptors (Lipinski definition) is 4. The molecule has 122 valence electrons. The van der Waals surface area contributed by atoms with Gasteiger partial charge in [0, 0.05) is 11.9 Å². The number of carbonyl (C=O) groups excluding carboxylic acids is 1. The van der Waals surface area contributed by atoms with Crippen LogP contribution >= 0.6 is 0 Å². The SMILES string of the molecule is O=C(Nc1ccc(S(=O)(=O)C2CCCC2)cc1)Nc1cn[nH]c1. The standard InChI is InChI=1S/C15H18N4O3S/c20-15(19-12-9-16-17-10-12)18-11-5-7-14(8-6-11)23(21,22)13-3-1-2-4-13/h5-10,13H,1-4H2,(H,16,17)(H2,18,19,20). The van der Waals surface area contributed by atoms with Gasteiger partial charge in [0.2, 0.25) is 0 Å². The van der Waals surface area contributed by atoms with Crippen LogP contribution in [0.4, 0.5) is 16.2 Å². The molecule has 1 aromatic carbocycles. The first-order chi connectivity index (χ1) is 11.1. The third-order valence-electron chi connectivity index (χ3n) is 3.94. The Morgan fingerprint density at radius 1 is 1.09 bits per heavy atom. The van der Waals surface area contributed by atoms with Crippen molar-refractivity contribution >= 4 is 27.2 Å². The maximum Gasteiger partial charge on any atom is 0.323 e. The molecule has 7 nitrogen and oxygen atoms in total. The second-order valence-corrected chi connectivity index (χ2v) is 7.77. The van der Waals surface area contributed by atoms with Gasteiger partial charge in [0.15, 0.2) is 9.84 Å². The van der Waals surface area contributed by atoms with Gasteiger partial charge in [-0.25, -0.2) is 13.2 Å². The van der Waals surface area contributed by atoms with Gasteiger partial charge in [-0.15, -0.1) is 0 Å². The summed E-state index contributed by atoms with van der Waals surface area (Å²) in [5.41, 5.74) is 1.07. The van der Waals surface area contributed by atoms with Gasteiger partial charge in [-0.2, -0.15) is 5.10 Å². The number of sulfone groups is 1. The molecule has 8 heteroatoms. The van der Waals surface area contributed by atoms with Crippen molar-refractivity contribution in [3.8, 4) is 0 Å². The number of hydrogen-bond donors (Lipinski definition) is 3. The minimum atomic E-state index is -3.27. The Labute approximate surface area is 134 Å². The van der Waals surface area contributed by atoms with Gasteiger partial charge in [0.05, 0.1) is 22.0 Å². The minimum absolute atomic E-state index is 0.273. The van der Waals surface area contributed by atoms with E-state index in [1.807, 2.05) is 0 Å². The van der Waals surface area contributed by atoms with E-state index in [1.165, 1.54) is 6.20 Å². The topological polar surface area (TPSA) is 104 Å². The molecule has 0 atom stereocenters. The summed E-state index contributed by atoms with van der Waals surface area (Å²) in [6.45, 7) is 0. The van der Waals surface area contributed by atoms with Gasteiger partial charge in [-0.3, -0.25) is 5.10 Å². The second kappa shape index (κ2) is 6.41. The van der Waals surface area contributed by atoms with Crippen molar-refractivity contribution < 1.29 is 13.2 Å². The van der Waals surface area contributed by atoms with E-state index < -0.39 is 15.9 Å². The van der Waals surface area contributed by atoms with Crippen LogP contribution in [0, 0.1) is 0 Å². The van der Waals surface area contributed by atoms with Crippen molar-refractivity contribution in [2.45, 2.75) is 35.8 Å². The van der Waals surface area contributed by atoms with Crippen LogP contribution in [0.5, 0.6) is 0 Å². The van der Waals surface area contributed by atoms with E-state index in [0.717, 1.165) is 25.7 Å². The molecular formula is C15H18N4O3S. The summed E-state index contributed by atoms with van der Waals surface area (Å²) in [5.74, 6) is 0. The van der Waals surface area contributed by atoms with Crippen molar-refractivity contribution in [1.82, 2.24) is 10.2 Å². The highest BCUT2D eigenvalue weighted by atomic mass is 32.2. The molecular weight excluding hydrogens is 316 g/mol. The molecule has 1 aromatic heterocycles. The third-order valence-corrected chi connectivity index (χ3v) is 6.22. The number of amides is 2. The quantitative estimate of drug-likeness (QED) is 0.799. The lowest BCUT2D eigenvalue weighted by Gasteiger charge is -2.12. The van der Waals surface area contributed by atoms with Crippen LogP contribution in [0.25, 0.3) is 0 Å². The van der Waals surface area contributed by atoms with Crippen LogP contribution in [-0.4, -0.2) is 29.9 Å². The number of aromatic nitrogens is 2. The molecule has 0 bridgehead atoms. The Morgan fingerprint density at radius 2 is 1.74 bits per heavy atom. The molecule has 2 aromatic rings. The molecule has 0 radical (unpaired) electrons. The zero-order valence-electron chi connectivity index (χ0n) is 12.5. The molecule has 0 saturated heterocycles. The van der Waals surface area contributed by atoms with Crippen molar-refractivity contribution in [2.75, 3.05) is 10.6 Å². The number of carbonyl (C=O) groups is 1. The molecule has 23 heavy (non-hydrogen) atoms. The van der Waals surface area contributed by atoms with E-state index in [2.05, 4.69) is 20.8 Å². The highest BCUT2D eigenvalue weighted by Crippen LogP contribution is 2.30. The van der Waals surface area contributed by atoms with E-state index in [9.17, 15) is 13.2 Å². The van der Waals surface area contributed by atoms with Crippen molar-refractivity contribution in [1.29, 1.82) is 0 Å². The van der Waals surface area contributed by atoms with Crippen molar-refractivity contribution in [3.63, 3.8) is 0 Å². The Bertz CT molecular complexity index is 764. The Balaban J connectivity index is 1.66. The van der Waals surface area contributed by atoms with Gasteiger partial charge in [-0.05, 0) is 37.1 Å². The lowest BCUT2D eigenvalue weighted by Crippen LogP contribution is -2.20. The smallest absolute Gasteiger partial charge is 0.308 e. The Kier molecular flexibility index (Phi) is 4.33. The summed E-state index contributed by atoms with van der Waals surface area (Å²) < 4.78 is 24.9. The predicted octanol–water partition coefficient (Wildman–Crippen LogP) is 2.77. The molecule has 1 aliphatic carbocycles. The van der Waals surface area contributed by atoms with Crippen LogP contribution in [-0.2, 0) is 9.84 Å². The van der Waals surface area contributed by atoms with Gasteiger partial charge < -0.3 is 10.6 Å². The highest BCUT2D eigenvalue weighted by molar-refractivity contribution is 7.92. The fraction of sp³-hybridized carbons (Fsp3) is 0.333. The van der Waals surface area contributed by atoms with E-state index in [4.69, 9.17) is 0 Å². The average molecular weight is 334 g/mol. The van der Waals surface area contributed by atoms with Gasteiger partial charge in [0.25, 0.3) is 0 Å². The molecule has 1 aliphatic rings. The number of nitrogens with zero attached hydrogens (tertiary/aromatic N) is 1. The Morgan fingerprint density at radius 3 is 2.35 bits per heavy atom. The molecule has 0 unspecified atom stereocenters. The van der Waals surface area contributed by atoms with Gasteiger partial charge in [0.1, 0.15) is 0 Å². The Hall–Kier alpha value is -2.35. The molecule has 3 rings (SSSR count). The molecule has 0 spiro atoms. The second-order valence-electron chi connectivity index (χ2n) is 5.54. The van der Waals surface area contributed by atoms with E-state index in [1.54, 1.807) is 30.5 Å². The maximum atomic E-state index is 12.5. The third kappa shape index (κ3) is 3.53. The maximum absolute atomic E-state index is 12.5. The van der Waals surface area contributed by atoms with Crippen LogP contribution in [0.3, 0.4) is 0 Å². The summed E-state index contributed by atoms with van der Waals surface area (Å²) in [4.78, 5) is 12.1. The van der Waals surface area contributed by atoms with Gasteiger partial charge >= 0.3 is 6.03 Å². The number of benzene rings is 1. The summed E-state index contributed by atoms with van der Waals surface area (Å²) in [7, 11) is -3.27. The predicted molar refractivity (Wildman–Crippen MR) is 87.1 cm³/mol. The first kappa shape index (κ1) is 15.5. The van der Waals surface area contributed by atoms with Crippen molar-refractivity contribution in [3.05, 3.63) is 36.7 Å². The summed E-state index contributed by atoms with van der Waals surface area (Å²) >= 11 is 0. The van der Waals surface area contributed by atoms with Gasteiger partial charge in [-0.1, -0.05) is 12.8 Å². The zero-order valence-corrected chi connectivity index (χ0v) is 13.3. The lowest BCUT2D eigenvalue weighted by atomic mass is 10.3. The molecule has 3 N–H and O–H groups in total. The number of nitrogens with one attached hydrogen (secondary N) is 3. The normalized spacial score (nSPS) is 15.5. The fourth-order valence-electron chi connectivity index (χ4n) is 2.73. The van der Waals surface area contributed by atoms with E-state index >= 15 is 0 Å². The highest BCUT2D eigenvalue weighted by Gasteiger charge is 2.30. The summed E-state index contributed by atoms with van der Waals surface area (Å²) in [6.07, 6.45) is 6.44. The monoisotopic (exact) mass is 334 g/mol. The fourth-order valence-corrected chi connectivity index (χ4v) is 4.59. The number of H-pyrrole nitrogens is 1. The molecule has 1 saturated carbocycles. The largest absolute Gasteiger partial charge is 0.323 e. The van der Waals surface area contributed by atoms with Crippen LogP contribution in [0.2, 0.25) is 0 Å². The first-order valence-electron chi connectivity index (χ1n) is 7.46. The number of anilines is 2. The zero-order chi connectivity index (χ0) is 16.3. The molecule has 2 amide bonds.